The van der Waals surface area contributed by atoms with Crippen LogP contribution in [0.4, 0.5) is 11.4 Å². The molecule has 1 atom stereocenters. The fraction of sp³-hybridized carbons (Fsp3) is 0.154. The summed E-state index contributed by atoms with van der Waals surface area (Å²) in [5.41, 5.74) is 2.34. The summed E-state index contributed by atoms with van der Waals surface area (Å²) in [4.78, 5) is 53.6. The molecule has 0 aliphatic carbocycles. The van der Waals surface area contributed by atoms with Crippen LogP contribution in [-0.2, 0) is 16.1 Å². The van der Waals surface area contributed by atoms with E-state index in [4.69, 9.17) is 16.3 Å². The number of ether oxygens (including phenoxy) is 1. The minimum Gasteiger partial charge on any atom is -0.482 e. The molecule has 1 N–H and O–H groups in total. The zero-order valence-corrected chi connectivity index (χ0v) is 19.4. The molecule has 0 radical (unpaired) electrons. The van der Waals surface area contributed by atoms with Crippen molar-refractivity contribution in [3.8, 4) is 5.75 Å². The van der Waals surface area contributed by atoms with E-state index >= 15 is 0 Å². The van der Waals surface area contributed by atoms with Crippen molar-refractivity contribution in [1.29, 1.82) is 0 Å². The van der Waals surface area contributed by atoms with Gasteiger partial charge in [0.05, 0.1) is 23.4 Å². The molecule has 1 unspecified atom stereocenters. The van der Waals surface area contributed by atoms with Crippen molar-refractivity contribution in [2.75, 3.05) is 16.8 Å². The van der Waals surface area contributed by atoms with Gasteiger partial charge in [-0.1, -0.05) is 35.9 Å². The van der Waals surface area contributed by atoms with Crippen LogP contribution in [0.3, 0.4) is 0 Å². The molecule has 2 aliphatic rings. The molecule has 9 heteroatoms. The number of amides is 4. The summed E-state index contributed by atoms with van der Waals surface area (Å²) in [7, 11) is 0. The van der Waals surface area contributed by atoms with Gasteiger partial charge in [0.2, 0.25) is 5.91 Å². The number of halogens is 1. The van der Waals surface area contributed by atoms with Crippen molar-refractivity contribution >= 4 is 46.6 Å². The lowest BCUT2D eigenvalue weighted by Gasteiger charge is -2.30. The monoisotopic (exact) mass is 489 g/mol. The largest absolute Gasteiger partial charge is 0.482 e. The van der Waals surface area contributed by atoms with E-state index in [1.54, 1.807) is 59.5 Å². The third-order valence-corrected chi connectivity index (χ3v) is 6.27. The zero-order chi connectivity index (χ0) is 24.7. The van der Waals surface area contributed by atoms with Crippen LogP contribution < -0.4 is 15.0 Å². The Labute approximate surface area is 206 Å². The Morgan fingerprint density at radius 3 is 2.31 bits per heavy atom. The number of anilines is 2. The number of carbonyl (C=O) groups excluding carboxylic acids is 4. The average Bonchev–Trinajstić information content (AvgIpc) is 3.11. The Balaban J connectivity index is 1.36. The molecule has 4 amide bonds. The van der Waals surface area contributed by atoms with Gasteiger partial charge in [-0.05, 0) is 55.0 Å². The highest BCUT2D eigenvalue weighted by atomic mass is 35.5. The van der Waals surface area contributed by atoms with Crippen molar-refractivity contribution < 1.29 is 23.9 Å². The first kappa shape index (κ1) is 22.6. The van der Waals surface area contributed by atoms with E-state index in [1.165, 1.54) is 6.92 Å². The van der Waals surface area contributed by atoms with Crippen LogP contribution in [0.25, 0.3) is 0 Å². The van der Waals surface area contributed by atoms with E-state index < -0.39 is 23.8 Å². The maximum absolute atomic E-state index is 13.0. The van der Waals surface area contributed by atoms with Crippen LogP contribution in [0.2, 0.25) is 5.02 Å². The molecule has 2 aliphatic heterocycles. The van der Waals surface area contributed by atoms with Crippen molar-refractivity contribution in [2.24, 2.45) is 0 Å². The van der Waals surface area contributed by atoms with Crippen LogP contribution in [0.5, 0.6) is 5.75 Å². The molecule has 35 heavy (non-hydrogen) atoms. The second-order valence-corrected chi connectivity index (χ2v) is 8.71. The second kappa shape index (κ2) is 8.88. The van der Waals surface area contributed by atoms with Crippen LogP contribution in [0.15, 0.2) is 66.7 Å². The summed E-state index contributed by atoms with van der Waals surface area (Å²) in [5.74, 6) is -1.27. The lowest BCUT2D eigenvalue weighted by atomic mass is 10.1. The molecule has 8 nitrogen and oxygen atoms in total. The molecular formula is C26H20ClN3O5. The third-order valence-electron chi connectivity index (χ3n) is 6.02. The number of imide groups is 1. The Hall–Kier alpha value is -4.17. The van der Waals surface area contributed by atoms with Gasteiger partial charge in [-0.3, -0.25) is 24.1 Å². The van der Waals surface area contributed by atoms with Crippen LogP contribution in [-0.4, -0.2) is 41.2 Å². The van der Waals surface area contributed by atoms with Gasteiger partial charge >= 0.3 is 0 Å². The van der Waals surface area contributed by atoms with Crippen molar-refractivity contribution in [3.63, 3.8) is 0 Å². The number of fused-ring (bicyclic) bond motifs is 2. The SMILES string of the molecule is CC(C(=O)Nc1ccc2c(c1)N(Cc1ccc(Cl)cc1)C(=O)CO2)N1C(=O)c2ccccc2C1=O. The van der Waals surface area contributed by atoms with Crippen molar-refractivity contribution in [2.45, 2.75) is 19.5 Å². The van der Waals surface area contributed by atoms with Gasteiger partial charge in [-0.15, -0.1) is 0 Å². The van der Waals surface area contributed by atoms with Crippen molar-refractivity contribution in [3.05, 3.63) is 88.4 Å². The van der Waals surface area contributed by atoms with Gasteiger partial charge in [0.1, 0.15) is 11.8 Å². The fourth-order valence-electron chi connectivity index (χ4n) is 4.15. The van der Waals surface area contributed by atoms with E-state index in [9.17, 15) is 19.2 Å². The molecule has 2 heterocycles. The Morgan fingerprint density at radius 1 is 1.00 bits per heavy atom. The highest BCUT2D eigenvalue weighted by molar-refractivity contribution is 6.30. The van der Waals surface area contributed by atoms with Gasteiger partial charge in [-0.25, -0.2) is 0 Å². The topological polar surface area (TPSA) is 96.0 Å². The van der Waals surface area contributed by atoms with Gasteiger partial charge in [0, 0.05) is 10.7 Å². The first-order valence-corrected chi connectivity index (χ1v) is 11.3. The first-order chi connectivity index (χ1) is 16.8. The molecule has 3 aromatic rings. The summed E-state index contributed by atoms with van der Waals surface area (Å²) in [6.45, 7) is 1.70. The number of hydrogen-bond donors (Lipinski definition) is 1. The lowest BCUT2D eigenvalue weighted by molar-refractivity contribution is -0.121. The summed E-state index contributed by atoms with van der Waals surface area (Å²) in [6, 6.07) is 17.5. The molecule has 0 spiro atoms. The molecule has 0 bridgehead atoms. The molecule has 0 fully saturated rings. The van der Waals surface area contributed by atoms with E-state index in [0.717, 1.165) is 10.5 Å². The molecule has 3 aromatic carbocycles. The van der Waals surface area contributed by atoms with Crippen LogP contribution in [0.1, 0.15) is 33.2 Å². The van der Waals surface area contributed by atoms with Gasteiger partial charge in [-0.2, -0.15) is 0 Å². The standard InChI is InChI=1S/C26H20ClN3O5/c1-15(30-25(33)19-4-2-3-5-20(19)26(30)34)24(32)28-18-10-11-22-21(12-18)29(23(31)14-35-22)13-16-6-8-17(27)9-7-16/h2-12,15H,13-14H2,1H3,(H,28,32). The number of nitrogens with one attached hydrogen (secondary N) is 1. The number of carbonyl (C=O) groups is 4. The Kier molecular flexibility index (Phi) is 5.74. The van der Waals surface area contributed by atoms with Crippen LogP contribution in [0, 0.1) is 0 Å². The Bertz CT molecular complexity index is 1340. The first-order valence-electron chi connectivity index (χ1n) is 10.9. The smallest absolute Gasteiger partial charge is 0.265 e. The molecule has 0 saturated carbocycles. The van der Waals surface area contributed by atoms with Gasteiger partial charge in [0.15, 0.2) is 6.61 Å². The van der Waals surface area contributed by atoms with Gasteiger partial charge in [0.25, 0.3) is 17.7 Å². The molecular weight excluding hydrogens is 470 g/mol. The quantitative estimate of drug-likeness (QED) is 0.548. The summed E-state index contributed by atoms with van der Waals surface area (Å²) >= 11 is 5.96. The molecule has 0 aromatic heterocycles. The number of rotatable bonds is 5. The normalized spacial score (nSPS) is 15.4. The highest BCUT2D eigenvalue weighted by Gasteiger charge is 2.40. The number of hydrogen-bond acceptors (Lipinski definition) is 5. The van der Waals surface area contributed by atoms with Crippen LogP contribution >= 0.6 is 11.6 Å². The summed E-state index contributed by atoms with van der Waals surface area (Å²) in [5, 5.41) is 3.34. The Morgan fingerprint density at radius 2 is 1.66 bits per heavy atom. The predicted molar refractivity (Wildman–Crippen MR) is 130 cm³/mol. The maximum Gasteiger partial charge on any atom is 0.265 e. The van der Waals surface area contributed by atoms with E-state index in [2.05, 4.69) is 5.32 Å². The van der Waals surface area contributed by atoms with E-state index in [-0.39, 0.29) is 23.6 Å². The highest BCUT2D eigenvalue weighted by Crippen LogP contribution is 2.36. The number of nitrogens with zero attached hydrogens (tertiary/aromatic N) is 2. The fourth-order valence-corrected chi connectivity index (χ4v) is 4.28. The zero-order valence-electron chi connectivity index (χ0n) is 18.7. The molecule has 0 saturated heterocycles. The predicted octanol–water partition coefficient (Wildman–Crippen LogP) is 3.89. The summed E-state index contributed by atoms with van der Waals surface area (Å²) in [6.07, 6.45) is 0. The number of benzene rings is 3. The minimum atomic E-state index is -1.04. The lowest BCUT2D eigenvalue weighted by Crippen LogP contribution is -2.45. The van der Waals surface area contributed by atoms with Crippen molar-refractivity contribution in [1.82, 2.24) is 4.90 Å². The van der Waals surface area contributed by atoms with E-state index in [1.807, 2.05) is 12.1 Å². The maximum atomic E-state index is 13.0. The third kappa shape index (κ3) is 4.13. The second-order valence-electron chi connectivity index (χ2n) is 8.27. The summed E-state index contributed by atoms with van der Waals surface area (Å²) < 4.78 is 5.55. The van der Waals surface area contributed by atoms with E-state index in [0.29, 0.717) is 28.7 Å². The minimum absolute atomic E-state index is 0.0942. The molecule has 176 valence electrons. The molecule has 5 rings (SSSR count). The van der Waals surface area contributed by atoms with Gasteiger partial charge < -0.3 is 15.0 Å². The average molecular weight is 490 g/mol.